The Morgan fingerprint density at radius 1 is 1.36 bits per heavy atom. The number of aryl methyl sites for hydroxylation is 1. The summed E-state index contributed by atoms with van der Waals surface area (Å²) < 4.78 is 5.53. The highest BCUT2D eigenvalue weighted by molar-refractivity contribution is 5.76. The minimum Gasteiger partial charge on any atom is -0.492 e. The Morgan fingerprint density at radius 3 is 2.77 bits per heavy atom. The number of nitrogens with one attached hydrogen (secondary N) is 1. The lowest BCUT2D eigenvalue weighted by atomic mass is 9.99. The molecule has 6 heteroatoms. The summed E-state index contributed by atoms with van der Waals surface area (Å²) in [6.45, 7) is 3.66. The van der Waals surface area contributed by atoms with Crippen molar-refractivity contribution in [2.45, 2.75) is 19.8 Å². The van der Waals surface area contributed by atoms with Crippen LogP contribution in [-0.2, 0) is 4.79 Å². The Labute approximate surface area is 130 Å². The van der Waals surface area contributed by atoms with Crippen LogP contribution in [0.5, 0.6) is 5.75 Å². The molecule has 1 aromatic carbocycles. The molecule has 1 heterocycles. The Morgan fingerprint density at radius 2 is 2.09 bits per heavy atom. The fraction of sp³-hybridized carbons (Fsp3) is 0.500. The zero-order valence-electron chi connectivity index (χ0n) is 12.7. The number of urea groups is 1. The minimum atomic E-state index is -0.833. The lowest BCUT2D eigenvalue weighted by Gasteiger charge is -2.30. The van der Waals surface area contributed by atoms with Gasteiger partial charge in [0.25, 0.3) is 0 Å². The van der Waals surface area contributed by atoms with Gasteiger partial charge in [0.2, 0.25) is 0 Å². The molecular formula is C16H22N2O4. The highest BCUT2D eigenvalue weighted by atomic mass is 16.5. The summed E-state index contributed by atoms with van der Waals surface area (Å²) in [5, 5.41) is 11.8. The third-order valence-electron chi connectivity index (χ3n) is 3.73. The van der Waals surface area contributed by atoms with E-state index in [1.807, 2.05) is 31.2 Å². The Balaban J connectivity index is 1.69. The van der Waals surface area contributed by atoms with Crippen molar-refractivity contribution in [2.24, 2.45) is 5.92 Å². The van der Waals surface area contributed by atoms with E-state index < -0.39 is 11.9 Å². The molecule has 2 amide bonds. The molecule has 0 spiro atoms. The molecule has 0 aromatic heterocycles. The van der Waals surface area contributed by atoms with Gasteiger partial charge in [-0.15, -0.1) is 0 Å². The fourth-order valence-corrected chi connectivity index (χ4v) is 2.44. The van der Waals surface area contributed by atoms with Crippen molar-refractivity contribution in [3.8, 4) is 5.75 Å². The van der Waals surface area contributed by atoms with Crippen molar-refractivity contribution < 1.29 is 19.4 Å². The van der Waals surface area contributed by atoms with Crippen LogP contribution in [0.4, 0.5) is 4.79 Å². The van der Waals surface area contributed by atoms with Crippen LogP contribution < -0.4 is 10.1 Å². The number of hydrogen-bond donors (Lipinski definition) is 2. The Bertz CT molecular complexity index is 515. The second-order valence-corrected chi connectivity index (χ2v) is 5.52. The SMILES string of the molecule is Cc1ccc(OCCNC(=O)N2CCCC(C(=O)O)C2)cc1. The summed E-state index contributed by atoms with van der Waals surface area (Å²) in [5.41, 5.74) is 1.17. The summed E-state index contributed by atoms with van der Waals surface area (Å²) in [4.78, 5) is 24.5. The third-order valence-corrected chi connectivity index (χ3v) is 3.73. The topological polar surface area (TPSA) is 78.9 Å². The van der Waals surface area contributed by atoms with Crippen LogP contribution in [0.15, 0.2) is 24.3 Å². The molecule has 2 rings (SSSR count). The van der Waals surface area contributed by atoms with Crippen molar-refractivity contribution in [2.75, 3.05) is 26.2 Å². The lowest BCUT2D eigenvalue weighted by Crippen LogP contribution is -2.47. The van der Waals surface area contributed by atoms with Gasteiger partial charge in [-0.3, -0.25) is 4.79 Å². The van der Waals surface area contributed by atoms with Gasteiger partial charge in [-0.25, -0.2) is 4.79 Å². The molecule has 0 aliphatic carbocycles. The van der Waals surface area contributed by atoms with E-state index in [1.54, 1.807) is 4.90 Å². The molecule has 1 aliphatic heterocycles. The number of benzene rings is 1. The maximum atomic E-state index is 12.0. The van der Waals surface area contributed by atoms with Crippen LogP contribution in [0.1, 0.15) is 18.4 Å². The monoisotopic (exact) mass is 306 g/mol. The van der Waals surface area contributed by atoms with Crippen LogP contribution >= 0.6 is 0 Å². The maximum Gasteiger partial charge on any atom is 0.317 e. The van der Waals surface area contributed by atoms with Crippen LogP contribution in [-0.4, -0.2) is 48.2 Å². The number of carbonyl (C=O) groups excluding carboxylic acids is 1. The first-order valence-electron chi connectivity index (χ1n) is 7.51. The zero-order chi connectivity index (χ0) is 15.9. The summed E-state index contributed by atoms with van der Waals surface area (Å²) in [6, 6.07) is 7.48. The van der Waals surface area contributed by atoms with Gasteiger partial charge in [-0.2, -0.15) is 0 Å². The van der Waals surface area contributed by atoms with Crippen LogP contribution in [0.3, 0.4) is 0 Å². The molecule has 2 N–H and O–H groups in total. The number of nitrogens with zero attached hydrogens (tertiary/aromatic N) is 1. The van der Waals surface area contributed by atoms with Crippen molar-refractivity contribution in [1.29, 1.82) is 0 Å². The number of likely N-dealkylation sites (tertiary alicyclic amines) is 1. The predicted octanol–water partition coefficient (Wildman–Crippen LogP) is 1.88. The van der Waals surface area contributed by atoms with E-state index >= 15 is 0 Å². The van der Waals surface area contributed by atoms with E-state index in [1.165, 1.54) is 5.56 Å². The smallest absolute Gasteiger partial charge is 0.317 e. The van der Waals surface area contributed by atoms with Gasteiger partial charge in [0.1, 0.15) is 12.4 Å². The minimum absolute atomic E-state index is 0.224. The number of piperidine rings is 1. The van der Waals surface area contributed by atoms with Crippen molar-refractivity contribution >= 4 is 12.0 Å². The van der Waals surface area contributed by atoms with E-state index in [-0.39, 0.29) is 12.6 Å². The standard InChI is InChI=1S/C16H22N2O4/c1-12-4-6-14(7-5-12)22-10-8-17-16(21)18-9-2-3-13(11-18)15(19)20/h4-7,13H,2-3,8-11H2,1H3,(H,17,21)(H,19,20). The highest BCUT2D eigenvalue weighted by Crippen LogP contribution is 2.16. The average Bonchev–Trinajstić information content (AvgIpc) is 2.53. The fourth-order valence-electron chi connectivity index (χ4n) is 2.44. The maximum absolute atomic E-state index is 12.0. The number of ether oxygens (including phenoxy) is 1. The molecule has 120 valence electrons. The summed E-state index contributed by atoms with van der Waals surface area (Å²) in [5.74, 6) is -0.521. The van der Waals surface area contributed by atoms with Crippen LogP contribution in [0.2, 0.25) is 0 Å². The van der Waals surface area contributed by atoms with Gasteiger partial charge >= 0.3 is 12.0 Å². The average molecular weight is 306 g/mol. The van der Waals surface area contributed by atoms with Gasteiger partial charge in [0.15, 0.2) is 0 Å². The largest absolute Gasteiger partial charge is 0.492 e. The second-order valence-electron chi connectivity index (χ2n) is 5.52. The van der Waals surface area contributed by atoms with Crippen molar-refractivity contribution in [3.63, 3.8) is 0 Å². The third kappa shape index (κ3) is 4.65. The summed E-state index contributed by atoms with van der Waals surface area (Å²) >= 11 is 0. The van der Waals surface area contributed by atoms with E-state index in [0.717, 1.165) is 12.2 Å². The molecular weight excluding hydrogens is 284 g/mol. The van der Waals surface area contributed by atoms with Gasteiger partial charge in [-0.05, 0) is 31.9 Å². The quantitative estimate of drug-likeness (QED) is 0.814. The number of carbonyl (C=O) groups is 2. The zero-order valence-corrected chi connectivity index (χ0v) is 12.7. The molecule has 1 atom stereocenters. The summed E-state index contributed by atoms with van der Waals surface area (Å²) in [6.07, 6.45) is 1.36. The molecule has 1 fully saturated rings. The normalized spacial score (nSPS) is 17.9. The van der Waals surface area contributed by atoms with Gasteiger partial charge in [0.05, 0.1) is 12.5 Å². The molecule has 22 heavy (non-hydrogen) atoms. The Hall–Kier alpha value is -2.24. The predicted molar refractivity (Wildman–Crippen MR) is 82.0 cm³/mol. The number of rotatable bonds is 5. The van der Waals surface area contributed by atoms with Crippen molar-refractivity contribution in [3.05, 3.63) is 29.8 Å². The summed E-state index contributed by atoms with van der Waals surface area (Å²) in [7, 11) is 0. The van der Waals surface area contributed by atoms with Crippen molar-refractivity contribution in [1.82, 2.24) is 10.2 Å². The second kappa shape index (κ2) is 7.68. The number of amides is 2. The molecule has 6 nitrogen and oxygen atoms in total. The molecule has 1 aromatic rings. The molecule has 0 saturated carbocycles. The van der Waals surface area contributed by atoms with E-state index in [0.29, 0.717) is 26.1 Å². The molecule has 1 unspecified atom stereocenters. The molecule has 0 bridgehead atoms. The molecule has 1 aliphatic rings. The van der Waals surface area contributed by atoms with E-state index in [4.69, 9.17) is 9.84 Å². The molecule has 0 radical (unpaired) electrons. The number of hydrogen-bond acceptors (Lipinski definition) is 3. The number of carboxylic acid groups (broad SMARTS) is 1. The van der Waals surface area contributed by atoms with Gasteiger partial charge in [-0.1, -0.05) is 17.7 Å². The molecule has 1 saturated heterocycles. The highest BCUT2D eigenvalue weighted by Gasteiger charge is 2.27. The van der Waals surface area contributed by atoms with Crippen LogP contribution in [0.25, 0.3) is 0 Å². The van der Waals surface area contributed by atoms with Gasteiger partial charge < -0.3 is 20.1 Å². The first-order valence-corrected chi connectivity index (χ1v) is 7.51. The van der Waals surface area contributed by atoms with E-state index in [9.17, 15) is 9.59 Å². The first kappa shape index (κ1) is 16.1. The van der Waals surface area contributed by atoms with E-state index in [2.05, 4.69) is 5.32 Å². The van der Waals surface area contributed by atoms with Gasteiger partial charge in [0, 0.05) is 13.1 Å². The Kier molecular flexibility index (Phi) is 5.63. The number of carboxylic acids is 1. The first-order chi connectivity index (χ1) is 10.6. The lowest BCUT2D eigenvalue weighted by molar-refractivity contribution is -0.143. The number of aliphatic carboxylic acids is 1. The van der Waals surface area contributed by atoms with Crippen LogP contribution in [0, 0.1) is 12.8 Å².